The molecule has 3 rings (SSSR count). The monoisotopic (exact) mass is 338 g/mol. The number of hydrogen-bond donors (Lipinski definition) is 2. The van der Waals surface area contributed by atoms with E-state index in [1.165, 1.54) is 0 Å². The van der Waals surface area contributed by atoms with E-state index in [-0.39, 0.29) is 11.6 Å². The Morgan fingerprint density at radius 2 is 2.04 bits per heavy atom. The van der Waals surface area contributed by atoms with Gasteiger partial charge in [-0.15, -0.1) is 0 Å². The van der Waals surface area contributed by atoms with Crippen LogP contribution >= 0.6 is 0 Å². The van der Waals surface area contributed by atoms with Crippen molar-refractivity contribution in [2.24, 2.45) is 0 Å². The molecular formula is C18H18N4O3. The van der Waals surface area contributed by atoms with Gasteiger partial charge in [-0.25, -0.2) is 9.97 Å². The van der Waals surface area contributed by atoms with E-state index in [0.29, 0.717) is 24.8 Å². The topological polar surface area (TPSA) is 89.3 Å². The molecule has 0 spiro atoms. The van der Waals surface area contributed by atoms with Crippen molar-refractivity contribution in [1.29, 1.82) is 0 Å². The number of rotatable bonds is 7. The first-order valence-electron chi connectivity index (χ1n) is 7.75. The summed E-state index contributed by atoms with van der Waals surface area (Å²) in [7, 11) is 1.62. The first-order valence-corrected chi connectivity index (χ1v) is 7.75. The minimum absolute atomic E-state index is 0.282. The quantitative estimate of drug-likeness (QED) is 0.688. The molecule has 7 nitrogen and oxygen atoms in total. The Morgan fingerprint density at radius 1 is 1.16 bits per heavy atom. The van der Waals surface area contributed by atoms with Crippen LogP contribution in [-0.2, 0) is 13.1 Å². The van der Waals surface area contributed by atoms with Crippen LogP contribution < -0.4 is 15.4 Å². The van der Waals surface area contributed by atoms with Crippen molar-refractivity contribution in [2.75, 3.05) is 12.4 Å². The van der Waals surface area contributed by atoms with Crippen LogP contribution in [0.15, 0.2) is 59.3 Å². The maximum atomic E-state index is 12.2. The zero-order valence-electron chi connectivity index (χ0n) is 13.7. The molecule has 2 N–H and O–H groups in total. The largest absolute Gasteiger partial charge is 0.496 e. The van der Waals surface area contributed by atoms with E-state index < -0.39 is 0 Å². The van der Waals surface area contributed by atoms with Gasteiger partial charge in [0.15, 0.2) is 0 Å². The third kappa shape index (κ3) is 4.35. The average Bonchev–Trinajstić information content (AvgIpc) is 3.18. The smallest absolute Gasteiger partial charge is 0.270 e. The van der Waals surface area contributed by atoms with E-state index in [2.05, 4.69) is 20.6 Å². The highest BCUT2D eigenvalue weighted by Gasteiger charge is 2.10. The summed E-state index contributed by atoms with van der Waals surface area (Å²) in [5.74, 6) is 1.54. The number of nitrogens with one attached hydrogen (secondary N) is 2. The zero-order chi connectivity index (χ0) is 17.5. The summed E-state index contributed by atoms with van der Waals surface area (Å²) < 4.78 is 10.5. The van der Waals surface area contributed by atoms with Gasteiger partial charge >= 0.3 is 0 Å². The summed E-state index contributed by atoms with van der Waals surface area (Å²) in [6.07, 6.45) is 3.10. The minimum Gasteiger partial charge on any atom is -0.496 e. The maximum Gasteiger partial charge on any atom is 0.270 e. The zero-order valence-corrected chi connectivity index (χ0v) is 13.7. The molecule has 0 aliphatic rings. The number of ether oxygens (including phenoxy) is 1. The molecule has 1 aromatic carbocycles. The number of amides is 1. The number of nitrogens with zero attached hydrogens (tertiary/aromatic N) is 2. The number of furan rings is 1. The second kappa shape index (κ2) is 7.96. The highest BCUT2D eigenvalue weighted by Crippen LogP contribution is 2.18. The third-order valence-corrected chi connectivity index (χ3v) is 3.52. The molecule has 0 aliphatic heterocycles. The minimum atomic E-state index is -0.292. The van der Waals surface area contributed by atoms with Gasteiger partial charge in [0.05, 0.1) is 19.9 Å². The second-order valence-corrected chi connectivity index (χ2v) is 5.19. The molecule has 3 aromatic rings. The van der Waals surface area contributed by atoms with Crippen LogP contribution in [0, 0.1) is 0 Å². The maximum absolute atomic E-state index is 12.2. The first-order chi connectivity index (χ1) is 12.3. The summed E-state index contributed by atoms with van der Waals surface area (Å²) in [5, 5.41) is 5.85. The Balaban J connectivity index is 1.61. The van der Waals surface area contributed by atoms with Crippen LogP contribution in [-0.4, -0.2) is 23.0 Å². The van der Waals surface area contributed by atoms with Crippen LogP contribution in [0.4, 0.5) is 5.95 Å². The third-order valence-electron chi connectivity index (χ3n) is 3.52. The Kier molecular flexibility index (Phi) is 5.26. The van der Waals surface area contributed by atoms with Crippen molar-refractivity contribution >= 4 is 11.9 Å². The number of benzene rings is 1. The number of methoxy groups -OCH3 is 1. The predicted molar refractivity (Wildman–Crippen MR) is 92.2 cm³/mol. The van der Waals surface area contributed by atoms with E-state index in [9.17, 15) is 4.79 Å². The fraction of sp³-hybridized carbons (Fsp3) is 0.167. The average molecular weight is 338 g/mol. The van der Waals surface area contributed by atoms with Gasteiger partial charge in [-0.3, -0.25) is 4.79 Å². The molecule has 0 saturated heterocycles. The summed E-state index contributed by atoms with van der Waals surface area (Å²) in [6.45, 7) is 0.793. The van der Waals surface area contributed by atoms with Crippen LogP contribution in [0.2, 0.25) is 0 Å². The van der Waals surface area contributed by atoms with E-state index in [1.54, 1.807) is 37.8 Å². The van der Waals surface area contributed by atoms with Crippen LogP contribution in [0.5, 0.6) is 5.75 Å². The van der Waals surface area contributed by atoms with Crippen molar-refractivity contribution < 1.29 is 13.9 Å². The Labute approximate surface area is 145 Å². The van der Waals surface area contributed by atoms with Crippen molar-refractivity contribution in [3.8, 4) is 5.75 Å². The Bertz CT molecular complexity index is 834. The molecule has 7 heteroatoms. The molecule has 0 saturated carbocycles. The van der Waals surface area contributed by atoms with Gasteiger partial charge in [-0.1, -0.05) is 18.2 Å². The van der Waals surface area contributed by atoms with Crippen LogP contribution in [0.25, 0.3) is 0 Å². The standard InChI is InChI=1S/C18H18N4O3/c1-24-16-7-3-2-5-13(16)11-21-18-19-9-8-15(22-18)17(23)20-12-14-6-4-10-25-14/h2-10H,11-12H2,1H3,(H,20,23)(H,19,21,22). The lowest BCUT2D eigenvalue weighted by Gasteiger charge is -2.10. The molecule has 2 heterocycles. The van der Waals surface area contributed by atoms with E-state index in [1.807, 2.05) is 24.3 Å². The second-order valence-electron chi connectivity index (χ2n) is 5.19. The van der Waals surface area contributed by atoms with Gasteiger partial charge in [0.1, 0.15) is 17.2 Å². The molecule has 0 bridgehead atoms. The number of carbonyl (C=O) groups is 1. The lowest BCUT2D eigenvalue weighted by atomic mass is 10.2. The number of anilines is 1. The highest BCUT2D eigenvalue weighted by molar-refractivity contribution is 5.92. The van der Waals surface area contributed by atoms with E-state index in [4.69, 9.17) is 9.15 Å². The van der Waals surface area contributed by atoms with Gasteiger partial charge in [-0.2, -0.15) is 0 Å². The molecule has 0 fully saturated rings. The van der Waals surface area contributed by atoms with Crippen LogP contribution in [0.3, 0.4) is 0 Å². The van der Waals surface area contributed by atoms with Gasteiger partial charge in [0.2, 0.25) is 5.95 Å². The summed E-state index contributed by atoms with van der Waals surface area (Å²) in [4.78, 5) is 20.6. The van der Waals surface area contributed by atoms with Crippen molar-refractivity contribution in [3.05, 3.63) is 71.9 Å². The van der Waals surface area contributed by atoms with Gasteiger partial charge in [0.25, 0.3) is 5.91 Å². The first kappa shape index (κ1) is 16.5. The molecule has 2 aromatic heterocycles. The normalized spacial score (nSPS) is 10.3. The van der Waals surface area contributed by atoms with Gasteiger partial charge in [0, 0.05) is 18.3 Å². The fourth-order valence-corrected chi connectivity index (χ4v) is 2.26. The summed E-state index contributed by atoms with van der Waals surface area (Å²) >= 11 is 0. The van der Waals surface area contributed by atoms with Crippen molar-refractivity contribution in [3.63, 3.8) is 0 Å². The molecule has 0 unspecified atom stereocenters. The molecule has 1 amide bonds. The fourth-order valence-electron chi connectivity index (χ4n) is 2.26. The van der Waals surface area contributed by atoms with Crippen molar-refractivity contribution in [2.45, 2.75) is 13.1 Å². The summed E-state index contributed by atoms with van der Waals surface area (Å²) in [5.41, 5.74) is 1.25. The number of carbonyl (C=O) groups excluding carboxylic acids is 1. The van der Waals surface area contributed by atoms with Crippen LogP contribution in [0.1, 0.15) is 21.8 Å². The lowest BCUT2D eigenvalue weighted by Crippen LogP contribution is -2.24. The van der Waals surface area contributed by atoms with Gasteiger partial charge < -0.3 is 19.8 Å². The molecule has 0 aliphatic carbocycles. The Hall–Kier alpha value is -3.35. The van der Waals surface area contributed by atoms with Crippen molar-refractivity contribution in [1.82, 2.24) is 15.3 Å². The van der Waals surface area contributed by atoms with E-state index >= 15 is 0 Å². The number of aromatic nitrogens is 2. The number of para-hydroxylation sites is 1. The highest BCUT2D eigenvalue weighted by atomic mass is 16.5. The predicted octanol–water partition coefficient (Wildman–Crippen LogP) is 2.62. The van der Waals surface area contributed by atoms with E-state index in [0.717, 1.165) is 11.3 Å². The number of hydrogen-bond acceptors (Lipinski definition) is 6. The molecule has 128 valence electrons. The lowest BCUT2D eigenvalue weighted by molar-refractivity contribution is 0.0943. The summed E-state index contributed by atoms with van der Waals surface area (Å²) in [6, 6.07) is 12.8. The molecule has 25 heavy (non-hydrogen) atoms. The van der Waals surface area contributed by atoms with Gasteiger partial charge in [-0.05, 0) is 24.3 Å². The Morgan fingerprint density at radius 3 is 2.84 bits per heavy atom. The SMILES string of the molecule is COc1ccccc1CNc1nccc(C(=O)NCc2ccco2)n1. The molecule has 0 atom stereocenters. The molecule has 0 radical (unpaired) electrons. The molecular weight excluding hydrogens is 320 g/mol.